The first-order chi connectivity index (χ1) is 10.8. The summed E-state index contributed by atoms with van der Waals surface area (Å²) in [7, 11) is 0. The molecule has 2 aromatic rings. The molecular formula is C12H13N5O6. The molecule has 1 aromatic carbocycles. The van der Waals surface area contributed by atoms with Gasteiger partial charge in [0.1, 0.15) is 0 Å². The molecule has 11 nitrogen and oxygen atoms in total. The average molecular weight is 323 g/mol. The number of hydrogen-bond donors (Lipinski definition) is 6. The Morgan fingerprint density at radius 2 is 1.83 bits per heavy atom. The third kappa shape index (κ3) is 3.20. The van der Waals surface area contributed by atoms with Crippen molar-refractivity contribution in [1.82, 2.24) is 20.8 Å². The van der Waals surface area contributed by atoms with Crippen LogP contribution in [0.15, 0.2) is 15.7 Å². The van der Waals surface area contributed by atoms with Crippen molar-refractivity contribution in [3.8, 4) is 0 Å². The highest BCUT2D eigenvalue weighted by Gasteiger charge is 2.19. The van der Waals surface area contributed by atoms with Crippen molar-refractivity contribution in [2.75, 3.05) is 5.48 Å². The summed E-state index contributed by atoms with van der Waals surface area (Å²) in [5, 5.41) is 8.52. The van der Waals surface area contributed by atoms with E-state index >= 15 is 0 Å². The van der Waals surface area contributed by atoms with Crippen LogP contribution in [0.3, 0.4) is 0 Å². The average Bonchev–Trinajstić information content (AvgIpc) is 2.48. The minimum atomic E-state index is -0.940. The van der Waals surface area contributed by atoms with Crippen LogP contribution in [-0.4, -0.2) is 27.0 Å². The van der Waals surface area contributed by atoms with Gasteiger partial charge in [0.15, 0.2) is 0 Å². The lowest BCUT2D eigenvalue weighted by Crippen LogP contribution is -2.41. The number of aromatic amines is 2. The van der Waals surface area contributed by atoms with Crippen molar-refractivity contribution in [2.45, 2.75) is 13.8 Å². The van der Waals surface area contributed by atoms with E-state index in [1.54, 1.807) is 0 Å². The van der Waals surface area contributed by atoms with Gasteiger partial charge in [-0.2, -0.15) is 0 Å². The molecule has 0 saturated carbocycles. The lowest BCUT2D eigenvalue weighted by Gasteiger charge is -2.14. The Labute approximate surface area is 127 Å². The first-order valence-corrected chi connectivity index (χ1v) is 6.28. The predicted molar refractivity (Wildman–Crippen MR) is 78.5 cm³/mol. The van der Waals surface area contributed by atoms with Crippen LogP contribution >= 0.6 is 0 Å². The van der Waals surface area contributed by atoms with Crippen molar-refractivity contribution in [2.24, 2.45) is 0 Å². The van der Waals surface area contributed by atoms with Gasteiger partial charge >= 0.3 is 11.1 Å². The maximum Gasteiger partial charge on any atom is 0.314 e. The highest BCUT2D eigenvalue weighted by atomic mass is 17.2. The molecule has 0 radical (unpaired) electrons. The van der Waals surface area contributed by atoms with Gasteiger partial charge < -0.3 is 9.97 Å². The molecule has 0 spiro atoms. The molecule has 6 N–H and O–H groups in total. The van der Waals surface area contributed by atoms with Crippen LogP contribution < -0.4 is 27.5 Å². The Bertz CT molecular complexity index is 899. The molecule has 0 unspecified atom stereocenters. The molecule has 0 aliphatic rings. The van der Waals surface area contributed by atoms with Crippen molar-refractivity contribution in [3.63, 3.8) is 0 Å². The van der Waals surface area contributed by atoms with Gasteiger partial charge in [-0.3, -0.25) is 30.0 Å². The van der Waals surface area contributed by atoms with Crippen molar-refractivity contribution in [3.05, 3.63) is 37.9 Å². The van der Waals surface area contributed by atoms with E-state index in [1.165, 1.54) is 19.9 Å². The normalized spacial score (nSPS) is 10.4. The SMILES string of the molecule is CC(=O)NNC(=O)c1c(C)c(NOO)cc2[nH]c(=O)c(=O)[nH]c12. The third-order valence-electron chi connectivity index (χ3n) is 3.01. The second-order valence-corrected chi connectivity index (χ2v) is 4.58. The number of carbonyl (C=O) groups excluding carboxylic acids is 2. The zero-order valence-corrected chi connectivity index (χ0v) is 12.1. The topological polar surface area (TPSA) is 165 Å². The summed E-state index contributed by atoms with van der Waals surface area (Å²) >= 11 is 0. The van der Waals surface area contributed by atoms with Crippen LogP contribution in [0.25, 0.3) is 11.0 Å². The highest BCUT2D eigenvalue weighted by molar-refractivity contribution is 6.08. The Morgan fingerprint density at radius 1 is 1.17 bits per heavy atom. The molecule has 0 aliphatic heterocycles. The molecule has 0 fully saturated rings. The molecule has 23 heavy (non-hydrogen) atoms. The van der Waals surface area contributed by atoms with Crippen molar-refractivity contribution in [1.29, 1.82) is 0 Å². The number of rotatable bonds is 3. The minimum absolute atomic E-state index is 0.0378. The molecule has 122 valence electrons. The summed E-state index contributed by atoms with van der Waals surface area (Å²) in [6.45, 7) is 2.70. The van der Waals surface area contributed by atoms with E-state index in [-0.39, 0.29) is 27.8 Å². The number of H-pyrrole nitrogens is 2. The number of aromatic nitrogens is 2. The van der Waals surface area contributed by atoms with E-state index in [2.05, 4.69) is 31.3 Å². The molecule has 1 aromatic heterocycles. The van der Waals surface area contributed by atoms with Crippen LogP contribution in [0.4, 0.5) is 5.69 Å². The zero-order valence-electron chi connectivity index (χ0n) is 12.1. The molecule has 2 amide bonds. The minimum Gasteiger partial charge on any atom is -0.316 e. The first-order valence-electron chi connectivity index (χ1n) is 6.28. The van der Waals surface area contributed by atoms with Crippen LogP contribution in [0, 0.1) is 6.92 Å². The van der Waals surface area contributed by atoms with E-state index < -0.39 is 22.9 Å². The molecule has 0 bridgehead atoms. The van der Waals surface area contributed by atoms with Crippen molar-refractivity contribution < 1.29 is 19.8 Å². The van der Waals surface area contributed by atoms with Crippen LogP contribution in [-0.2, 0) is 9.78 Å². The number of hydrogen-bond acceptors (Lipinski definition) is 7. The first kappa shape index (κ1) is 16.2. The van der Waals surface area contributed by atoms with E-state index in [0.717, 1.165) is 0 Å². The third-order valence-corrected chi connectivity index (χ3v) is 3.01. The summed E-state index contributed by atoms with van der Waals surface area (Å²) in [6.07, 6.45) is 0. The van der Waals surface area contributed by atoms with E-state index in [4.69, 9.17) is 5.26 Å². The largest absolute Gasteiger partial charge is 0.316 e. The Kier molecular flexibility index (Phi) is 4.43. The van der Waals surface area contributed by atoms with Crippen LogP contribution in [0.1, 0.15) is 22.8 Å². The van der Waals surface area contributed by atoms with Gasteiger partial charge in [-0.15, -0.1) is 4.99 Å². The standard InChI is InChI=1S/C12H13N5O6/c1-4-6(17-23-22)3-7-9(14-12(21)11(20)13-7)8(4)10(19)16-15-5(2)18/h3,17,22H,1-2H3,(H,13,20)(H,14,21)(H,15,18)(H,16,19). The fourth-order valence-corrected chi connectivity index (χ4v) is 2.01. The lowest BCUT2D eigenvalue weighted by atomic mass is 10.0. The molecule has 1 heterocycles. The van der Waals surface area contributed by atoms with E-state index in [0.29, 0.717) is 0 Å². The Hall–Kier alpha value is -3.18. The quantitative estimate of drug-likeness (QED) is 0.242. The Morgan fingerprint density at radius 3 is 2.43 bits per heavy atom. The highest BCUT2D eigenvalue weighted by Crippen LogP contribution is 2.25. The predicted octanol–water partition coefficient (Wildman–Crippen LogP) is -0.878. The number of carbonyl (C=O) groups is 2. The van der Waals surface area contributed by atoms with E-state index in [9.17, 15) is 19.2 Å². The number of anilines is 1. The molecule has 11 heteroatoms. The van der Waals surface area contributed by atoms with Gasteiger partial charge in [-0.1, -0.05) is 0 Å². The van der Waals surface area contributed by atoms with Gasteiger partial charge in [0.05, 0.1) is 22.3 Å². The molecule has 2 rings (SSSR count). The van der Waals surface area contributed by atoms with E-state index in [1.807, 2.05) is 0 Å². The summed E-state index contributed by atoms with van der Waals surface area (Å²) in [5.41, 5.74) is 5.13. The zero-order chi connectivity index (χ0) is 17.1. The monoisotopic (exact) mass is 323 g/mol. The van der Waals surface area contributed by atoms with Gasteiger partial charge in [0, 0.05) is 6.92 Å². The second-order valence-electron chi connectivity index (χ2n) is 4.58. The second kappa shape index (κ2) is 6.29. The maximum absolute atomic E-state index is 12.3. The molecular weight excluding hydrogens is 310 g/mol. The fourth-order valence-electron chi connectivity index (χ4n) is 2.01. The number of hydrazine groups is 1. The van der Waals surface area contributed by atoms with Gasteiger partial charge in [-0.05, 0) is 18.6 Å². The van der Waals surface area contributed by atoms with Gasteiger partial charge in [0.2, 0.25) is 5.91 Å². The summed E-state index contributed by atoms with van der Waals surface area (Å²) in [6, 6.07) is 1.35. The summed E-state index contributed by atoms with van der Waals surface area (Å²) < 4.78 is 0. The van der Waals surface area contributed by atoms with Crippen LogP contribution in [0.5, 0.6) is 0 Å². The van der Waals surface area contributed by atoms with Crippen LogP contribution in [0.2, 0.25) is 0 Å². The summed E-state index contributed by atoms with van der Waals surface area (Å²) in [4.78, 5) is 54.5. The fraction of sp³-hybridized carbons (Fsp3) is 0.167. The molecule has 0 saturated heterocycles. The molecule has 0 atom stereocenters. The Balaban J connectivity index is 2.72. The maximum atomic E-state index is 12.3. The number of benzene rings is 1. The summed E-state index contributed by atoms with van der Waals surface area (Å²) in [5.74, 6) is -1.25. The molecule has 0 aliphatic carbocycles. The number of nitrogens with one attached hydrogen (secondary N) is 5. The lowest BCUT2D eigenvalue weighted by molar-refractivity contribution is -0.215. The van der Waals surface area contributed by atoms with Crippen molar-refractivity contribution >= 4 is 28.5 Å². The van der Waals surface area contributed by atoms with Gasteiger partial charge in [-0.25, -0.2) is 10.7 Å². The smallest absolute Gasteiger partial charge is 0.314 e. The number of amides is 2. The number of fused-ring (bicyclic) bond motifs is 1. The van der Waals surface area contributed by atoms with Gasteiger partial charge in [0.25, 0.3) is 5.91 Å².